The number of amides is 2. The van der Waals surface area contributed by atoms with Crippen LogP contribution in [0.15, 0.2) is 24.3 Å². The first-order valence-electron chi connectivity index (χ1n) is 9.04. The molecular weight excluding hydrogens is 400 g/mol. The predicted molar refractivity (Wildman–Crippen MR) is 109 cm³/mol. The molecule has 1 saturated heterocycles. The predicted octanol–water partition coefficient (Wildman–Crippen LogP) is 3.40. The van der Waals surface area contributed by atoms with Crippen LogP contribution in [0.5, 0.6) is 5.75 Å². The van der Waals surface area contributed by atoms with E-state index < -0.39 is 0 Å². The van der Waals surface area contributed by atoms with Crippen LogP contribution in [0, 0.1) is 5.92 Å². The standard InChI is InChI=1S/C19H23ClN4O3S/c1-19(2,3)24-11-12(10-16(24)25)17(26)21-18-23-22-15(28-18)8-9-27-14-6-4-13(20)5-7-14/h4-7,12H,8-11H2,1-3H3,(H,21,23,26)/t12-/m1/s1. The molecular formula is C19H23ClN4O3S. The highest BCUT2D eigenvalue weighted by Gasteiger charge is 2.39. The SMILES string of the molecule is CC(C)(C)N1C[C@H](C(=O)Nc2nnc(CCOc3ccc(Cl)cc3)s2)CC1=O. The van der Waals surface area contributed by atoms with Gasteiger partial charge in [0.1, 0.15) is 10.8 Å². The van der Waals surface area contributed by atoms with Crippen molar-refractivity contribution in [1.82, 2.24) is 15.1 Å². The molecule has 0 aliphatic carbocycles. The largest absolute Gasteiger partial charge is 0.493 e. The lowest BCUT2D eigenvalue weighted by atomic mass is 10.1. The molecule has 1 aliphatic rings. The zero-order chi connectivity index (χ0) is 20.3. The Labute approximate surface area is 173 Å². The van der Waals surface area contributed by atoms with Crippen LogP contribution in [0.2, 0.25) is 5.02 Å². The van der Waals surface area contributed by atoms with Gasteiger partial charge >= 0.3 is 0 Å². The van der Waals surface area contributed by atoms with Gasteiger partial charge in [0.05, 0.1) is 12.5 Å². The van der Waals surface area contributed by atoms with Gasteiger partial charge in [-0.25, -0.2) is 0 Å². The minimum absolute atomic E-state index is 0.00458. The van der Waals surface area contributed by atoms with Crippen molar-refractivity contribution in [2.24, 2.45) is 5.92 Å². The zero-order valence-electron chi connectivity index (χ0n) is 16.1. The molecule has 0 spiro atoms. The molecule has 7 nitrogen and oxygen atoms in total. The van der Waals surface area contributed by atoms with Crippen LogP contribution in [-0.2, 0) is 16.0 Å². The third-order valence-corrected chi connectivity index (χ3v) is 5.55. The van der Waals surface area contributed by atoms with Crippen LogP contribution in [-0.4, -0.2) is 45.6 Å². The molecule has 0 saturated carbocycles. The van der Waals surface area contributed by atoms with Crippen molar-refractivity contribution in [2.45, 2.75) is 39.2 Å². The van der Waals surface area contributed by atoms with Crippen LogP contribution in [0.1, 0.15) is 32.2 Å². The molecule has 2 amide bonds. The molecule has 9 heteroatoms. The number of nitrogens with zero attached hydrogens (tertiary/aromatic N) is 3. The van der Waals surface area contributed by atoms with Crippen LogP contribution in [0.25, 0.3) is 0 Å². The van der Waals surface area contributed by atoms with Gasteiger partial charge in [0, 0.05) is 29.9 Å². The van der Waals surface area contributed by atoms with Gasteiger partial charge in [-0.15, -0.1) is 10.2 Å². The van der Waals surface area contributed by atoms with E-state index in [0.29, 0.717) is 29.7 Å². The van der Waals surface area contributed by atoms with Crippen LogP contribution in [0.3, 0.4) is 0 Å². The lowest BCUT2D eigenvalue weighted by Crippen LogP contribution is -2.42. The third kappa shape index (κ3) is 5.20. The number of ether oxygens (including phenoxy) is 1. The third-order valence-electron chi connectivity index (χ3n) is 4.40. The fourth-order valence-electron chi connectivity index (χ4n) is 2.93. The van der Waals surface area contributed by atoms with Gasteiger partial charge in [-0.2, -0.15) is 0 Å². The molecule has 1 aliphatic heterocycles. The van der Waals surface area contributed by atoms with Crippen molar-refractivity contribution in [3.63, 3.8) is 0 Å². The van der Waals surface area contributed by atoms with E-state index in [1.807, 2.05) is 20.8 Å². The summed E-state index contributed by atoms with van der Waals surface area (Å²) in [5.41, 5.74) is -0.286. The second-order valence-corrected chi connectivity index (χ2v) is 9.12. The summed E-state index contributed by atoms with van der Waals surface area (Å²) in [5, 5.41) is 12.7. The molecule has 2 heterocycles. The van der Waals surface area contributed by atoms with Crippen molar-refractivity contribution in [3.05, 3.63) is 34.3 Å². The first kappa shape index (κ1) is 20.5. The topological polar surface area (TPSA) is 84.4 Å². The Balaban J connectivity index is 1.48. The Bertz CT molecular complexity index is 848. The van der Waals surface area contributed by atoms with Gasteiger partial charge in [-0.3, -0.25) is 9.59 Å². The van der Waals surface area contributed by atoms with E-state index in [9.17, 15) is 9.59 Å². The maximum atomic E-state index is 12.5. The van der Waals surface area contributed by atoms with Crippen molar-refractivity contribution in [1.29, 1.82) is 0 Å². The van der Waals surface area contributed by atoms with Gasteiger partial charge in [-0.1, -0.05) is 22.9 Å². The van der Waals surface area contributed by atoms with E-state index in [1.54, 1.807) is 29.2 Å². The Morgan fingerprint density at radius 2 is 2.04 bits per heavy atom. The monoisotopic (exact) mass is 422 g/mol. The van der Waals surface area contributed by atoms with Gasteiger partial charge in [0.25, 0.3) is 0 Å². The van der Waals surface area contributed by atoms with Crippen molar-refractivity contribution >= 4 is 39.9 Å². The first-order valence-corrected chi connectivity index (χ1v) is 10.2. The van der Waals surface area contributed by atoms with Crippen molar-refractivity contribution in [3.8, 4) is 5.75 Å². The van der Waals surface area contributed by atoms with Crippen LogP contribution < -0.4 is 10.1 Å². The highest BCUT2D eigenvalue weighted by Crippen LogP contribution is 2.27. The van der Waals surface area contributed by atoms with Gasteiger partial charge in [0.2, 0.25) is 16.9 Å². The summed E-state index contributed by atoms with van der Waals surface area (Å²) < 4.78 is 5.64. The highest BCUT2D eigenvalue weighted by atomic mass is 35.5. The number of carbonyl (C=O) groups excluding carboxylic acids is 2. The van der Waals surface area contributed by atoms with Crippen LogP contribution >= 0.6 is 22.9 Å². The molecule has 2 aromatic rings. The quantitative estimate of drug-likeness (QED) is 0.771. The van der Waals surface area contributed by atoms with E-state index in [1.165, 1.54) is 11.3 Å². The molecule has 1 N–H and O–H groups in total. The minimum atomic E-state index is -0.368. The molecule has 1 atom stereocenters. The van der Waals surface area contributed by atoms with Crippen molar-refractivity contribution in [2.75, 3.05) is 18.5 Å². The Kier molecular flexibility index (Phi) is 6.20. The Morgan fingerprint density at radius 3 is 2.68 bits per heavy atom. The summed E-state index contributed by atoms with van der Waals surface area (Å²) in [6.07, 6.45) is 0.805. The number of rotatable bonds is 6. The first-order chi connectivity index (χ1) is 13.2. The van der Waals surface area contributed by atoms with E-state index in [0.717, 1.165) is 10.8 Å². The van der Waals surface area contributed by atoms with Gasteiger partial charge < -0.3 is 15.0 Å². The maximum absolute atomic E-state index is 12.5. The summed E-state index contributed by atoms with van der Waals surface area (Å²) in [4.78, 5) is 26.4. The number of halogens is 1. The maximum Gasteiger partial charge on any atom is 0.231 e. The second kappa shape index (κ2) is 8.45. The normalized spacial score (nSPS) is 17.1. The van der Waals surface area contributed by atoms with Gasteiger partial charge in [0.15, 0.2) is 0 Å². The number of likely N-dealkylation sites (tertiary alicyclic amines) is 1. The smallest absolute Gasteiger partial charge is 0.231 e. The molecule has 0 radical (unpaired) electrons. The van der Waals surface area contributed by atoms with Gasteiger partial charge in [-0.05, 0) is 45.0 Å². The molecule has 150 valence electrons. The number of benzene rings is 1. The van der Waals surface area contributed by atoms with E-state index in [4.69, 9.17) is 16.3 Å². The fraction of sp³-hybridized carbons (Fsp3) is 0.474. The molecule has 3 rings (SSSR count). The Hall–Kier alpha value is -2.19. The number of aromatic nitrogens is 2. The lowest BCUT2D eigenvalue weighted by molar-refractivity contribution is -0.131. The fourth-order valence-corrected chi connectivity index (χ4v) is 3.78. The zero-order valence-corrected chi connectivity index (χ0v) is 17.6. The number of hydrogen-bond donors (Lipinski definition) is 1. The number of anilines is 1. The van der Waals surface area contributed by atoms with E-state index in [-0.39, 0.29) is 29.7 Å². The molecule has 0 bridgehead atoms. The minimum Gasteiger partial charge on any atom is -0.493 e. The molecule has 1 aromatic carbocycles. The summed E-state index contributed by atoms with van der Waals surface area (Å²) in [7, 11) is 0. The molecule has 1 fully saturated rings. The number of nitrogens with one attached hydrogen (secondary N) is 1. The number of hydrogen-bond acceptors (Lipinski definition) is 6. The molecule has 0 unspecified atom stereocenters. The average molecular weight is 423 g/mol. The average Bonchev–Trinajstić information content (AvgIpc) is 3.23. The highest BCUT2D eigenvalue weighted by molar-refractivity contribution is 7.15. The molecule has 28 heavy (non-hydrogen) atoms. The lowest BCUT2D eigenvalue weighted by Gasteiger charge is -2.31. The van der Waals surface area contributed by atoms with E-state index >= 15 is 0 Å². The van der Waals surface area contributed by atoms with E-state index in [2.05, 4.69) is 15.5 Å². The summed E-state index contributed by atoms with van der Waals surface area (Å²) in [6.45, 7) is 6.77. The second-order valence-electron chi connectivity index (χ2n) is 7.62. The number of carbonyl (C=O) groups is 2. The molecule has 1 aromatic heterocycles. The summed E-state index contributed by atoms with van der Waals surface area (Å²) >= 11 is 7.15. The van der Waals surface area contributed by atoms with Crippen LogP contribution in [0.4, 0.5) is 5.13 Å². The van der Waals surface area contributed by atoms with Crippen molar-refractivity contribution < 1.29 is 14.3 Å². The summed E-state index contributed by atoms with van der Waals surface area (Å²) in [5.74, 6) is 0.175. The summed E-state index contributed by atoms with van der Waals surface area (Å²) in [6, 6.07) is 7.14. The Morgan fingerprint density at radius 1 is 1.32 bits per heavy atom.